The Hall–Kier alpha value is -6.52. The average Bonchev–Trinajstić information content (AvgIpc) is 0.867. The standard InChI is InChI=1S/4C23H32O2.Sn/c4*1-4-7-12-17-18(13-8-5-2)20(14-9-6-3)22(23(24)25)21-16-11-10-15-19(17)21;/h4*10-11,15-16H,4-9,12-14H2,1-3H3,(H,24,25);/q;;;;+4/p-4. The van der Waals surface area contributed by atoms with Gasteiger partial charge in [-0.1, -0.05) is 0 Å². The van der Waals surface area contributed by atoms with Gasteiger partial charge in [-0.2, -0.15) is 0 Å². The van der Waals surface area contributed by atoms with Crippen LogP contribution in [0.25, 0.3) is 43.1 Å². The first-order chi connectivity index (χ1) is 49.3. The molecule has 0 saturated carbocycles. The molecule has 101 heavy (non-hydrogen) atoms. The molecule has 0 aliphatic heterocycles. The van der Waals surface area contributed by atoms with Crippen molar-refractivity contribution in [3.05, 3.63) is 186 Å². The Morgan fingerprint density at radius 2 is 0.347 bits per heavy atom. The summed E-state index contributed by atoms with van der Waals surface area (Å²) in [6.07, 6.45) is 30.7. The molecule has 0 atom stereocenters. The van der Waals surface area contributed by atoms with Gasteiger partial charge in [0.2, 0.25) is 0 Å². The topological polar surface area (TPSA) is 105 Å². The number of aryl methyl sites for hydroxylation is 4. The zero-order chi connectivity index (χ0) is 72.3. The van der Waals surface area contributed by atoms with Gasteiger partial charge in [-0.25, -0.2) is 0 Å². The second-order valence-corrected chi connectivity index (χ2v) is 33.9. The third-order valence-electron chi connectivity index (χ3n) is 21.3. The van der Waals surface area contributed by atoms with Gasteiger partial charge in [-0.15, -0.1) is 0 Å². The van der Waals surface area contributed by atoms with E-state index in [2.05, 4.69) is 107 Å². The first kappa shape index (κ1) is 80.2. The zero-order valence-electron chi connectivity index (χ0n) is 64.5. The van der Waals surface area contributed by atoms with Gasteiger partial charge in [-0.3, -0.25) is 0 Å². The van der Waals surface area contributed by atoms with Crippen molar-refractivity contribution < 1.29 is 31.5 Å². The monoisotopic (exact) mass is 1480 g/mol. The molecule has 0 spiro atoms. The van der Waals surface area contributed by atoms with E-state index in [0.717, 1.165) is 272 Å². The second kappa shape index (κ2) is 41.1. The molecule has 0 bridgehead atoms. The maximum absolute atomic E-state index is 17.2. The molecular formula is C92H124O8Sn. The Labute approximate surface area is 614 Å². The summed E-state index contributed by atoms with van der Waals surface area (Å²) in [5.74, 6) is -3.30. The van der Waals surface area contributed by atoms with Gasteiger partial charge in [0.25, 0.3) is 0 Å². The van der Waals surface area contributed by atoms with Crippen LogP contribution in [-0.2, 0) is 89.3 Å². The summed E-state index contributed by atoms with van der Waals surface area (Å²) < 4.78 is 29.9. The van der Waals surface area contributed by atoms with Crippen LogP contribution in [0.2, 0.25) is 0 Å². The summed E-state index contributed by atoms with van der Waals surface area (Å²) in [7, 11) is 0. The first-order valence-electron chi connectivity index (χ1n) is 40.5. The van der Waals surface area contributed by atoms with Crippen LogP contribution in [0.3, 0.4) is 0 Å². The van der Waals surface area contributed by atoms with Crippen LogP contribution in [0.1, 0.15) is 345 Å². The first-order valence-corrected chi connectivity index (χ1v) is 45.1. The zero-order valence-corrected chi connectivity index (χ0v) is 67.3. The summed E-state index contributed by atoms with van der Waals surface area (Å²) in [6.45, 7) is 26.4. The van der Waals surface area contributed by atoms with Gasteiger partial charge in [0, 0.05) is 0 Å². The van der Waals surface area contributed by atoms with Crippen molar-refractivity contribution in [2.24, 2.45) is 0 Å². The predicted molar refractivity (Wildman–Crippen MR) is 427 cm³/mol. The second-order valence-electron chi connectivity index (χ2n) is 28.7. The van der Waals surface area contributed by atoms with E-state index in [4.69, 9.17) is 12.3 Å². The van der Waals surface area contributed by atoms with Crippen molar-refractivity contribution in [2.45, 2.75) is 314 Å². The summed E-state index contributed by atoms with van der Waals surface area (Å²) in [6, 6.07) is 32.7. The fraction of sp³-hybridized carbons (Fsp3) is 0.522. The maximum atomic E-state index is 17.2. The van der Waals surface area contributed by atoms with E-state index in [9.17, 15) is 0 Å². The van der Waals surface area contributed by atoms with Crippen molar-refractivity contribution in [3.63, 3.8) is 0 Å². The van der Waals surface area contributed by atoms with E-state index in [1.54, 1.807) is 0 Å². The quantitative estimate of drug-likeness (QED) is 0.0348. The molecule has 0 aromatic heterocycles. The van der Waals surface area contributed by atoms with Crippen LogP contribution >= 0.6 is 0 Å². The summed E-state index contributed by atoms with van der Waals surface area (Å²) >= 11 is -7.37. The Morgan fingerprint density at radius 3 is 0.505 bits per heavy atom. The minimum atomic E-state index is -7.37. The van der Waals surface area contributed by atoms with Crippen molar-refractivity contribution in [1.29, 1.82) is 0 Å². The third-order valence-corrected chi connectivity index (χ3v) is 26.2. The summed E-state index contributed by atoms with van der Waals surface area (Å²) in [5, 5.41) is 6.70. The van der Waals surface area contributed by atoms with Crippen molar-refractivity contribution in [3.8, 4) is 0 Å². The van der Waals surface area contributed by atoms with Gasteiger partial charge >= 0.3 is 619 Å². The minimum absolute atomic E-state index is 0.341. The predicted octanol–water partition coefficient (Wildman–Crippen LogP) is 25.6. The number of fused-ring (bicyclic) bond motifs is 4. The molecule has 0 unspecified atom stereocenters. The molecule has 0 aliphatic rings. The molecule has 0 saturated heterocycles. The molecule has 8 aromatic rings. The van der Waals surface area contributed by atoms with E-state index >= 15 is 19.2 Å². The molecule has 8 rings (SSSR count). The Balaban J connectivity index is 1.58. The van der Waals surface area contributed by atoms with E-state index in [1.165, 1.54) is 22.3 Å². The molecule has 9 heteroatoms. The van der Waals surface area contributed by atoms with Gasteiger partial charge in [0.15, 0.2) is 0 Å². The Morgan fingerprint density at radius 1 is 0.208 bits per heavy atom. The fourth-order valence-electron chi connectivity index (χ4n) is 15.9. The van der Waals surface area contributed by atoms with Gasteiger partial charge in [0.05, 0.1) is 0 Å². The normalized spacial score (nSPS) is 11.8. The molecule has 0 amide bonds. The number of benzene rings is 8. The van der Waals surface area contributed by atoms with Gasteiger partial charge < -0.3 is 0 Å². The van der Waals surface area contributed by atoms with Crippen LogP contribution in [0, 0.1) is 0 Å². The van der Waals surface area contributed by atoms with Gasteiger partial charge in [0.1, 0.15) is 0 Å². The Kier molecular flexibility index (Phi) is 32.6. The van der Waals surface area contributed by atoms with Crippen LogP contribution < -0.4 is 0 Å². The molecule has 0 heterocycles. The number of carbonyl (C=O) groups is 4. The number of hydrogen-bond acceptors (Lipinski definition) is 8. The average molecular weight is 1480 g/mol. The number of carbonyl (C=O) groups excluding carboxylic acids is 4. The fourth-order valence-corrected chi connectivity index (χ4v) is 20.4. The Bertz CT molecular complexity index is 3540. The van der Waals surface area contributed by atoms with Gasteiger partial charge in [-0.05, 0) is 0 Å². The molecule has 0 N–H and O–H groups in total. The van der Waals surface area contributed by atoms with Crippen molar-refractivity contribution in [1.82, 2.24) is 0 Å². The molecule has 8 aromatic carbocycles. The molecule has 0 fully saturated rings. The number of unbranched alkanes of at least 4 members (excludes halogenated alkanes) is 12. The van der Waals surface area contributed by atoms with E-state index in [-0.39, 0.29) is 0 Å². The molecule has 0 radical (unpaired) electrons. The third kappa shape index (κ3) is 19.3. The van der Waals surface area contributed by atoms with Crippen molar-refractivity contribution >= 4 is 87.0 Å². The van der Waals surface area contributed by atoms with Crippen molar-refractivity contribution in [2.75, 3.05) is 0 Å². The van der Waals surface area contributed by atoms with E-state index in [1.807, 2.05) is 72.8 Å². The molecule has 544 valence electrons. The molecule has 8 nitrogen and oxygen atoms in total. The summed E-state index contributed by atoms with van der Waals surface area (Å²) in [4.78, 5) is 68.9. The van der Waals surface area contributed by atoms with E-state index in [0.29, 0.717) is 69.5 Å². The van der Waals surface area contributed by atoms with Crippen LogP contribution in [0.5, 0.6) is 0 Å². The van der Waals surface area contributed by atoms with E-state index < -0.39 is 43.9 Å². The van der Waals surface area contributed by atoms with Crippen LogP contribution in [0.4, 0.5) is 0 Å². The van der Waals surface area contributed by atoms with Crippen LogP contribution in [0.15, 0.2) is 97.1 Å². The molecule has 0 aliphatic carbocycles. The van der Waals surface area contributed by atoms with Crippen LogP contribution in [-0.4, -0.2) is 43.9 Å². The summed E-state index contributed by atoms with van der Waals surface area (Å²) in [5.41, 5.74) is 14.5. The number of rotatable bonds is 44. The number of hydrogen-bond donors (Lipinski definition) is 0. The SMILES string of the molecule is CCCCc1c(CCCC)c(C(=O)[O][Sn]([O]C(=O)c2c(CCCC)c(CCCC)c(CCCC)c3ccccc23)([O]C(=O)c2c(CCCC)c(CCCC)c(CCCC)c3ccccc23)[O]C(=O)c2c(CCCC)c(CCCC)c(CCCC)c3ccccc23)c2ccccc2c1CCCC. The molecular weight excluding hydrogens is 1350 g/mol.